The van der Waals surface area contributed by atoms with Crippen molar-refractivity contribution < 1.29 is 4.74 Å². The Balaban J connectivity index is 2.25. The zero-order valence-corrected chi connectivity index (χ0v) is 9.71. The maximum Gasteiger partial charge on any atom is 0.118 e. The molecule has 0 aliphatic heterocycles. The van der Waals surface area contributed by atoms with Gasteiger partial charge >= 0.3 is 0 Å². The van der Waals surface area contributed by atoms with Crippen molar-refractivity contribution in [3.8, 4) is 5.75 Å². The Morgan fingerprint density at radius 2 is 1.93 bits per heavy atom. The van der Waals surface area contributed by atoms with Crippen molar-refractivity contribution in [3.05, 3.63) is 35.9 Å². The van der Waals surface area contributed by atoms with E-state index in [0.717, 1.165) is 5.75 Å². The van der Waals surface area contributed by atoms with Crippen molar-refractivity contribution in [3.63, 3.8) is 0 Å². The van der Waals surface area contributed by atoms with E-state index in [4.69, 9.17) is 4.74 Å². The third kappa shape index (κ3) is 1.67. The second kappa shape index (κ2) is 3.73. The molecule has 15 heavy (non-hydrogen) atoms. The van der Waals surface area contributed by atoms with E-state index in [1.165, 1.54) is 24.0 Å². The Hall–Kier alpha value is -1.24. The molecule has 0 heterocycles. The van der Waals surface area contributed by atoms with Crippen molar-refractivity contribution in [2.24, 2.45) is 5.41 Å². The van der Waals surface area contributed by atoms with E-state index >= 15 is 0 Å². The minimum Gasteiger partial charge on any atom is -0.497 e. The molecule has 0 radical (unpaired) electrons. The lowest BCUT2D eigenvalue weighted by Crippen LogP contribution is -2.23. The molecule has 1 aliphatic carbocycles. The van der Waals surface area contributed by atoms with Gasteiger partial charge in [-0.3, -0.25) is 0 Å². The summed E-state index contributed by atoms with van der Waals surface area (Å²) in [6.07, 6.45) is 4.76. The van der Waals surface area contributed by atoms with Crippen LogP contribution < -0.4 is 4.74 Å². The Bertz CT molecular complexity index is 375. The van der Waals surface area contributed by atoms with E-state index in [2.05, 4.69) is 32.1 Å². The number of benzene rings is 1. The summed E-state index contributed by atoms with van der Waals surface area (Å²) in [7, 11) is 1.70. The zero-order chi connectivity index (χ0) is 10.9. The number of hydrogen-bond donors (Lipinski definition) is 0. The summed E-state index contributed by atoms with van der Waals surface area (Å²) in [6, 6.07) is 8.37. The molecule has 1 aromatic carbocycles. The summed E-state index contributed by atoms with van der Waals surface area (Å²) in [5.74, 6) is 0.928. The highest BCUT2D eigenvalue weighted by molar-refractivity contribution is 5.75. The normalized spacial score (nSPS) is 24.3. The topological polar surface area (TPSA) is 9.23 Å². The van der Waals surface area contributed by atoms with Gasteiger partial charge in [-0.15, -0.1) is 0 Å². The van der Waals surface area contributed by atoms with Crippen LogP contribution >= 0.6 is 0 Å². The highest BCUT2D eigenvalue weighted by Gasteiger charge is 2.33. The fourth-order valence-corrected chi connectivity index (χ4v) is 2.12. The Kier molecular flexibility index (Phi) is 2.56. The quantitative estimate of drug-likeness (QED) is 0.722. The van der Waals surface area contributed by atoms with Crippen LogP contribution in [0.5, 0.6) is 5.75 Å². The number of rotatable bonds is 3. The molecule has 0 spiro atoms. The molecule has 1 aromatic rings. The second-order valence-corrected chi connectivity index (χ2v) is 4.46. The van der Waals surface area contributed by atoms with Gasteiger partial charge in [-0.05, 0) is 41.5 Å². The van der Waals surface area contributed by atoms with Crippen molar-refractivity contribution in [1.82, 2.24) is 0 Å². The van der Waals surface area contributed by atoms with Crippen LogP contribution in [-0.2, 0) is 0 Å². The standard InChI is InChI=1S/C14H18O/c1-4-14(2)10-9-13(14)11-5-7-12(15-3)8-6-11/h5-9H,4,10H2,1-3H3/t14-/m1/s1. The van der Waals surface area contributed by atoms with E-state index in [-0.39, 0.29) is 0 Å². The predicted molar refractivity (Wildman–Crippen MR) is 64.0 cm³/mol. The fourth-order valence-electron chi connectivity index (χ4n) is 2.12. The van der Waals surface area contributed by atoms with Crippen LogP contribution in [0.2, 0.25) is 0 Å². The predicted octanol–water partition coefficient (Wildman–Crippen LogP) is 3.90. The first-order chi connectivity index (χ1) is 7.19. The molecule has 0 aromatic heterocycles. The molecule has 1 nitrogen and oxygen atoms in total. The van der Waals surface area contributed by atoms with Gasteiger partial charge in [-0.25, -0.2) is 0 Å². The molecule has 80 valence electrons. The molecular weight excluding hydrogens is 184 g/mol. The van der Waals surface area contributed by atoms with Gasteiger partial charge in [0.2, 0.25) is 0 Å². The highest BCUT2D eigenvalue weighted by Crippen LogP contribution is 2.49. The summed E-state index contributed by atoms with van der Waals surface area (Å²) in [4.78, 5) is 0. The van der Waals surface area contributed by atoms with Gasteiger partial charge in [-0.2, -0.15) is 0 Å². The van der Waals surface area contributed by atoms with Crippen molar-refractivity contribution >= 4 is 5.57 Å². The van der Waals surface area contributed by atoms with Crippen LogP contribution in [0.3, 0.4) is 0 Å². The van der Waals surface area contributed by atoms with Gasteiger partial charge in [0.05, 0.1) is 7.11 Å². The molecule has 0 saturated carbocycles. The van der Waals surface area contributed by atoms with E-state index in [9.17, 15) is 0 Å². The number of hydrogen-bond acceptors (Lipinski definition) is 1. The maximum absolute atomic E-state index is 5.16. The molecule has 0 amide bonds. The minimum atomic E-state index is 0.397. The Morgan fingerprint density at radius 3 is 2.33 bits per heavy atom. The molecule has 2 rings (SSSR count). The van der Waals surface area contributed by atoms with E-state index in [1.54, 1.807) is 7.11 Å². The molecule has 0 N–H and O–H groups in total. The van der Waals surface area contributed by atoms with Crippen molar-refractivity contribution in [1.29, 1.82) is 0 Å². The molecule has 0 bridgehead atoms. The van der Waals surface area contributed by atoms with Crippen LogP contribution in [0.15, 0.2) is 30.3 Å². The average molecular weight is 202 g/mol. The van der Waals surface area contributed by atoms with Gasteiger partial charge in [0.1, 0.15) is 5.75 Å². The largest absolute Gasteiger partial charge is 0.497 e. The molecule has 0 unspecified atom stereocenters. The first-order valence-corrected chi connectivity index (χ1v) is 5.54. The van der Waals surface area contributed by atoms with Crippen molar-refractivity contribution in [2.75, 3.05) is 7.11 Å². The number of allylic oxidation sites excluding steroid dienone is 2. The molecular formula is C14H18O. The van der Waals surface area contributed by atoms with Crippen LogP contribution in [0.4, 0.5) is 0 Å². The van der Waals surface area contributed by atoms with Crippen LogP contribution in [0, 0.1) is 5.41 Å². The highest BCUT2D eigenvalue weighted by atomic mass is 16.5. The smallest absolute Gasteiger partial charge is 0.118 e. The zero-order valence-electron chi connectivity index (χ0n) is 9.71. The van der Waals surface area contributed by atoms with Crippen molar-refractivity contribution in [2.45, 2.75) is 26.7 Å². The van der Waals surface area contributed by atoms with E-state index in [1.807, 2.05) is 12.1 Å². The van der Waals surface area contributed by atoms with Crippen LogP contribution in [-0.4, -0.2) is 7.11 Å². The Morgan fingerprint density at radius 1 is 1.27 bits per heavy atom. The third-order valence-corrected chi connectivity index (χ3v) is 3.59. The van der Waals surface area contributed by atoms with Gasteiger partial charge in [-0.1, -0.05) is 32.1 Å². The van der Waals surface area contributed by atoms with Gasteiger partial charge < -0.3 is 4.74 Å². The molecule has 0 saturated heterocycles. The summed E-state index contributed by atoms with van der Waals surface area (Å²) in [6.45, 7) is 4.60. The molecule has 1 heteroatoms. The maximum atomic E-state index is 5.16. The summed E-state index contributed by atoms with van der Waals surface area (Å²) < 4.78 is 5.16. The monoisotopic (exact) mass is 202 g/mol. The Labute approximate surface area is 91.8 Å². The van der Waals surface area contributed by atoms with Gasteiger partial charge in [0.15, 0.2) is 0 Å². The summed E-state index contributed by atoms with van der Waals surface area (Å²) in [5.41, 5.74) is 3.23. The molecule has 0 fully saturated rings. The minimum absolute atomic E-state index is 0.397. The lowest BCUT2D eigenvalue weighted by Gasteiger charge is -2.38. The molecule has 1 aliphatic rings. The number of methoxy groups -OCH3 is 1. The summed E-state index contributed by atoms with van der Waals surface area (Å²) in [5, 5.41) is 0. The average Bonchev–Trinajstić information content (AvgIpc) is 2.27. The van der Waals surface area contributed by atoms with Gasteiger partial charge in [0.25, 0.3) is 0 Å². The van der Waals surface area contributed by atoms with E-state index in [0.29, 0.717) is 5.41 Å². The lowest BCUT2D eigenvalue weighted by molar-refractivity contribution is 0.401. The fraction of sp³-hybridized carbons (Fsp3) is 0.429. The van der Waals surface area contributed by atoms with Crippen LogP contribution in [0.25, 0.3) is 5.57 Å². The van der Waals surface area contributed by atoms with E-state index < -0.39 is 0 Å². The van der Waals surface area contributed by atoms with Crippen LogP contribution in [0.1, 0.15) is 32.3 Å². The number of ether oxygens (including phenoxy) is 1. The first kappa shape index (κ1) is 10.3. The molecule has 1 atom stereocenters. The first-order valence-electron chi connectivity index (χ1n) is 5.54. The summed E-state index contributed by atoms with van der Waals surface area (Å²) >= 11 is 0. The third-order valence-electron chi connectivity index (χ3n) is 3.59. The lowest BCUT2D eigenvalue weighted by atomic mass is 9.66. The SMILES string of the molecule is CC[C@]1(C)CC=C1c1ccc(OC)cc1. The second-order valence-electron chi connectivity index (χ2n) is 4.46. The van der Waals surface area contributed by atoms with Gasteiger partial charge in [0, 0.05) is 0 Å².